The van der Waals surface area contributed by atoms with Crippen LogP contribution in [0.3, 0.4) is 0 Å². The number of amides is 2. The van der Waals surface area contributed by atoms with Gasteiger partial charge in [0.2, 0.25) is 5.91 Å². The number of carbonyl (C=O) groups is 2. The lowest BCUT2D eigenvalue weighted by Gasteiger charge is -2.33. The van der Waals surface area contributed by atoms with Crippen molar-refractivity contribution in [1.82, 2.24) is 14.8 Å². The minimum Gasteiger partial charge on any atom is -0.335 e. The first-order chi connectivity index (χ1) is 15.5. The van der Waals surface area contributed by atoms with Gasteiger partial charge >= 0.3 is 0 Å². The molecule has 2 amide bonds. The Labute approximate surface area is 196 Å². The Morgan fingerprint density at radius 2 is 1.66 bits per heavy atom. The monoisotopic (exact) mass is 469 g/mol. The summed E-state index contributed by atoms with van der Waals surface area (Å²) in [6, 6.07) is 15.0. The summed E-state index contributed by atoms with van der Waals surface area (Å²) in [5, 5.41) is 9.19. The van der Waals surface area contributed by atoms with E-state index in [1.165, 1.54) is 11.3 Å². The molecule has 0 spiro atoms. The summed E-state index contributed by atoms with van der Waals surface area (Å²) in [5.74, 6) is -0.139. The average molecular weight is 470 g/mol. The van der Waals surface area contributed by atoms with Gasteiger partial charge in [0.15, 0.2) is 5.13 Å². The van der Waals surface area contributed by atoms with Crippen molar-refractivity contribution in [3.8, 4) is 0 Å². The van der Waals surface area contributed by atoms with E-state index in [2.05, 4.69) is 20.5 Å². The molecule has 0 aliphatic carbocycles. The highest BCUT2D eigenvalue weighted by Crippen LogP contribution is 2.23. The zero-order valence-electron chi connectivity index (χ0n) is 17.7. The predicted molar refractivity (Wildman–Crippen MR) is 129 cm³/mol. The molecular weight excluding hydrogens is 446 g/mol. The third kappa shape index (κ3) is 5.85. The van der Waals surface area contributed by atoms with Crippen LogP contribution in [0.4, 0.5) is 16.5 Å². The molecule has 166 valence electrons. The molecule has 1 aliphatic heterocycles. The number of aryl methyl sites for hydroxylation is 1. The second kappa shape index (κ2) is 10.1. The number of nitrogens with zero attached hydrogens (tertiary/aromatic N) is 3. The minimum atomic E-state index is -0.0887. The standard InChI is InChI=1S/C23H24ClN5O2S/c1-16-2-6-18(7-3-16)25-21(30)14-28-10-12-29(13-11-28)22(31)20-15-32-23(27-20)26-19-8-4-17(24)5-9-19/h2-9,15H,10-14H2,1H3,(H,25,30)(H,26,27). The number of carbonyl (C=O) groups excluding carboxylic acids is 2. The van der Waals surface area contributed by atoms with Crippen LogP contribution < -0.4 is 10.6 Å². The molecule has 1 aromatic heterocycles. The highest BCUT2D eigenvalue weighted by atomic mass is 35.5. The Morgan fingerprint density at radius 3 is 2.34 bits per heavy atom. The summed E-state index contributed by atoms with van der Waals surface area (Å²) in [5.41, 5.74) is 3.23. The maximum Gasteiger partial charge on any atom is 0.273 e. The fourth-order valence-electron chi connectivity index (χ4n) is 3.40. The van der Waals surface area contributed by atoms with Crippen LogP contribution >= 0.6 is 22.9 Å². The molecule has 1 fully saturated rings. The molecule has 32 heavy (non-hydrogen) atoms. The van der Waals surface area contributed by atoms with Gasteiger partial charge in [-0.25, -0.2) is 4.98 Å². The molecule has 4 rings (SSSR count). The zero-order valence-corrected chi connectivity index (χ0v) is 19.2. The smallest absolute Gasteiger partial charge is 0.273 e. The summed E-state index contributed by atoms with van der Waals surface area (Å²) in [7, 11) is 0. The van der Waals surface area contributed by atoms with E-state index < -0.39 is 0 Å². The molecular formula is C23H24ClN5O2S. The number of nitrogens with one attached hydrogen (secondary N) is 2. The molecule has 0 atom stereocenters. The van der Waals surface area contributed by atoms with Crippen molar-refractivity contribution in [3.63, 3.8) is 0 Å². The fraction of sp³-hybridized carbons (Fsp3) is 0.261. The third-order valence-electron chi connectivity index (χ3n) is 5.18. The van der Waals surface area contributed by atoms with Crippen LogP contribution in [0, 0.1) is 6.92 Å². The van der Waals surface area contributed by atoms with E-state index >= 15 is 0 Å². The Morgan fingerprint density at radius 1 is 1.00 bits per heavy atom. The molecule has 1 aliphatic rings. The number of benzene rings is 2. The van der Waals surface area contributed by atoms with Crippen LogP contribution in [-0.4, -0.2) is 59.3 Å². The summed E-state index contributed by atoms with van der Waals surface area (Å²) in [6.07, 6.45) is 0. The first kappa shape index (κ1) is 22.3. The van der Waals surface area contributed by atoms with Gasteiger partial charge in [0.05, 0.1) is 6.54 Å². The summed E-state index contributed by atoms with van der Waals surface area (Å²) in [4.78, 5) is 33.4. The normalized spacial score (nSPS) is 14.2. The molecule has 2 aromatic carbocycles. The van der Waals surface area contributed by atoms with Gasteiger partial charge in [-0.1, -0.05) is 29.3 Å². The number of aromatic nitrogens is 1. The van der Waals surface area contributed by atoms with Crippen LogP contribution in [-0.2, 0) is 4.79 Å². The second-order valence-corrected chi connectivity index (χ2v) is 8.95. The lowest BCUT2D eigenvalue weighted by atomic mass is 10.2. The first-order valence-corrected chi connectivity index (χ1v) is 11.6. The molecule has 1 saturated heterocycles. The van der Waals surface area contributed by atoms with E-state index in [0.29, 0.717) is 48.6 Å². The molecule has 2 N–H and O–H groups in total. The van der Waals surface area contributed by atoms with Crippen molar-refractivity contribution in [2.45, 2.75) is 6.92 Å². The average Bonchev–Trinajstić information content (AvgIpc) is 3.25. The Hall–Kier alpha value is -2.94. The number of rotatable bonds is 6. The van der Waals surface area contributed by atoms with Crippen LogP contribution in [0.5, 0.6) is 0 Å². The molecule has 7 nitrogen and oxygen atoms in total. The lowest BCUT2D eigenvalue weighted by molar-refractivity contribution is -0.117. The van der Waals surface area contributed by atoms with E-state index in [1.807, 2.05) is 43.3 Å². The van der Waals surface area contributed by atoms with Gasteiger partial charge in [-0.05, 0) is 43.3 Å². The predicted octanol–water partition coefficient (Wildman–Crippen LogP) is 4.25. The minimum absolute atomic E-state index is 0.0500. The number of anilines is 3. The molecule has 0 radical (unpaired) electrons. The van der Waals surface area contributed by atoms with Crippen molar-refractivity contribution < 1.29 is 9.59 Å². The number of thiazole rings is 1. The molecule has 0 bridgehead atoms. The van der Waals surface area contributed by atoms with E-state index in [0.717, 1.165) is 16.9 Å². The molecule has 0 saturated carbocycles. The number of hydrogen-bond donors (Lipinski definition) is 2. The topological polar surface area (TPSA) is 77.6 Å². The zero-order chi connectivity index (χ0) is 22.5. The van der Waals surface area contributed by atoms with E-state index in [-0.39, 0.29) is 11.8 Å². The Balaban J connectivity index is 1.25. The Kier molecular flexibility index (Phi) is 7.04. The van der Waals surface area contributed by atoms with E-state index in [4.69, 9.17) is 11.6 Å². The quantitative estimate of drug-likeness (QED) is 0.564. The van der Waals surface area contributed by atoms with Gasteiger partial charge in [0.25, 0.3) is 5.91 Å². The van der Waals surface area contributed by atoms with Crippen LogP contribution in [0.1, 0.15) is 16.1 Å². The third-order valence-corrected chi connectivity index (χ3v) is 6.19. The lowest BCUT2D eigenvalue weighted by Crippen LogP contribution is -2.50. The molecule has 3 aromatic rings. The first-order valence-electron chi connectivity index (χ1n) is 10.3. The summed E-state index contributed by atoms with van der Waals surface area (Å²) >= 11 is 7.29. The molecule has 9 heteroatoms. The van der Waals surface area contributed by atoms with Crippen molar-refractivity contribution >= 4 is 51.3 Å². The van der Waals surface area contributed by atoms with E-state index in [9.17, 15) is 9.59 Å². The van der Waals surface area contributed by atoms with Crippen LogP contribution in [0.15, 0.2) is 53.9 Å². The number of piperazine rings is 1. The SMILES string of the molecule is Cc1ccc(NC(=O)CN2CCN(C(=O)c3csc(Nc4ccc(Cl)cc4)n3)CC2)cc1. The highest BCUT2D eigenvalue weighted by Gasteiger charge is 2.25. The van der Waals surface area contributed by atoms with Crippen LogP contribution in [0.25, 0.3) is 0 Å². The van der Waals surface area contributed by atoms with Gasteiger partial charge in [-0.15, -0.1) is 11.3 Å². The fourth-order valence-corrected chi connectivity index (χ4v) is 4.23. The van der Waals surface area contributed by atoms with Crippen molar-refractivity contribution in [2.24, 2.45) is 0 Å². The van der Waals surface area contributed by atoms with Gasteiger partial charge in [-0.2, -0.15) is 0 Å². The van der Waals surface area contributed by atoms with Crippen molar-refractivity contribution in [2.75, 3.05) is 43.4 Å². The molecule has 0 unspecified atom stereocenters. The summed E-state index contributed by atoms with van der Waals surface area (Å²) < 4.78 is 0. The molecule has 2 heterocycles. The second-order valence-electron chi connectivity index (χ2n) is 7.65. The number of hydrogen-bond acceptors (Lipinski definition) is 6. The van der Waals surface area contributed by atoms with E-state index in [1.54, 1.807) is 22.4 Å². The van der Waals surface area contributed by atoms with Gasteiger partial charge in [0, 0.05) is 48.0 Å². The van der Waals surface area contributed by atoms with Crippen LogP contribution in [0.2, 0.25) is 5.02 Å². The maximum absolute atomic E-state index is 12.8. The van der Waals surface area contributed by atoms with Gasteiger partial charge in [0.1, 0.15) is 5.69 Å². The maximum atomic E-state index is 12.8. The Bertz CT molecular complexity index is 1080. The van der Waals surface area contributed by atoms with Gasteiger partial charge < -0.3 is 15.5 Å². The van der Waals surface area contributed by atoms with Gasteiger partial charge in [-0.3, -0.25) is 14.5 Å². The number of halogens is 1. The van der Waals surface area contributed by atoms with Crippen molar-refractivity contribution in [3.05, 3.63) is 70.2 Å². The highest BCUT2D eigenvalue weighted by molar-refractivity contribution is 7.14. The van der Waals surface area contributed by atoms with Crippen molar-refractivity contribution in [1.29, 1.82) is 0 Å². The largest absolute Gasteiger partial charge is 0.335 e. The summed E-state index contributed by atoms with van der Waals surface area (Å²) in [6.45, 7) is 4.74.